The van der Waals surface area contributed by atoms with Gasteiger partial charge in [0.25, 0.3) is 0 Å². The van der Waals surface area contributed by atoms with E-state index in [0.717, 1.165) is 31.4 Å². The lowest BCUT2D eigenvalue weighted by atomic mass is 10.0. The van der Waals surface area contributed by atoms with Crippen LogP contribution in [0.3, 0.4) is 0 Å². The summed E-state index contributed by atoms with van der Waals surface area (Å²) in [6, 6.07) is 4.81. The van der Waals surface area contributed by atoms with Gasteiger partial charge in [0.05, 0.1) is 24.7 Å². The normalized spacial score (nSPS) is 12.8. The van der Waals surface area contributed by atoms with E-state index in [9.17, 15) is 18.0 Å². The monoisotopic (exact) mass is 458 g/mol. The van der Waals surface area contributed by atoms with Crippen molar-refractivity contribution in [3.05, 3.63) is 35.4 Å². The Hall–Kier alpha value is -1.56. The standard InChI is InChI=1S/C26H41F3O3/c1-2-3-4-5-6-7-8-9-10-11-12-13-14-15-24(20-25(30)31)32-21-22-16-18-23(19-17-22)26(27,28)29/h16-19,24H,2-15,20-21H2,1H3,(H,30,31)/t24-/m1/s1. The van der Waals surface area contributed by atoms with Gasteiger partial charge in [-0.25, -0.2) is 0 Å². The second kappa shape index (κ2) is 17.0. The molecule has 0 aliphatic rings. The molecule has 1 rings (SSSR count). The smallest absolute Gasteiger partial charge is 0.416 e. The Balaban J connectivity index is 2.15. The minimum atomic E-state index is -4.36. The van der Waals surface area contributed by atoms with Crippen molar-refractivity contribution in [2.24, 2.45) is 0 Å². The van der Waals surface area contributed by atoms with Gasteiger partial charge >= 0.3 is 12.1 Å². The van der Waals surface area contributed by atoms with E-state index < -0.39 is 23.8 Å². The van der Waals surface area contributed by atoms with Gasteiger partial charge in [-0.2, -0.15) is 13.2 Å². The molecule has 32 heavy (non-hydrogen) atoms. The van der Waals surface area contributed by atoms with Crippen molar-refractivity contribution in [2.75, 3.05) is 0 Å². The molecule has 3 nitrogen and oxygen atoms in total. The topological polar surface area (TPSA) is 46.5 Å². The van der Waals surface area contributed by atoms with E-state index in [1.807, 2.05) is 0 Å². The fraction of sp³-hybridized carbons (Fsp3) is 0.731. The molecule has 0 aliphatic heterocycles. The van der Waals surface area contributed by atoms with Crippen LogP contribution in [0, 0.1) is 0 Å². The zero-order valence-corrected chi connectivity index (χ0v) is 19.6. The average Bonchev–Trinajstić information content (AvgIpc) is 2.74. The number of hydrogen-bond donors (Lipinski definition) is 1. The van der Waals surface area contributed by atoms with Crippen molar-refractivity contribution in [2.45, 2.75) is 122 Å². The molecule has 6 heteroatoms. The maximum Gasteiger partial charge on any atom is 0.416 e. The third-order valence-electron chi connectivity index (χ3n) is 5.80. The van der Waals surface area contributed by atoms with Gasteiger partial charge in [0.2, 0.25) is 0 Å². The molecule has 0 spiro atoms. The summed E-state index contributed by atoms with van der Waals surface area (Å²) in [6.07, 6.45) is 12.1. The van der Waals surface area contributed by atoms with Crippen LogP contribution >= 0.6 is 0 Å². The van der Waals surface area contributed by atoms with E-state index in [1.165, 1.54) is 76.3 Å². The fourth-order valence-corrected chi connectivity index (χ4v) is 3.83. The molecule has 184 valence electrons. The Morgan fingerprint density at radius 2 is 1.31 bits per heavy atom. The molecule has 0 saturated carbocycles. The molecule has 0 radical (unpaired) electrons. The third-order valence-corrected chi connectivity index (χ3v) is 5.80. The van der Waals surface area contributed by atoms with Gasteiger partial charge in [-0.05, 0) is 24.1 Å². The number of alkyl halides is 3. The SMILES string of the molecule is CCCCCCCCCCCCCCC[C@H](CC(=O)O)OCc1ccc(C(F)(F)F)cc1. The second-order valence-corrected chi connectivity index (χ2v) is 8.76. The van der Waals surface area contributed by atoms with E-state index in [2.05, 4.69) is 6.92 Å². The maximum atomic E-state index is 12.6. The highest BCUT2D eigenvalue weighted by Crippen LogP contribution is 2.29. The number of hydrogen-bond acceptors (Lipinski definition) is 2. The minimum Gasteiger partial charge on any atom is -0.481 e. The number of carbonyl (C=O) groups is 1. The van der Waals surface area contributed by atoms with Gasteiger partial charge < -0.3 is 9.84 Å². The van der Waals surface area contributed by atoms with Crippen LogP contribution in [0.2, 0.25) is 0 Å². The lowest BCUT2D eigenvalue weighted by Crippen LogP contribution is -2.17. The zero-order chi connectivity index (χ0) is 23.7. The Morgan fingerprint density at radius 3 is 1.75 bits per heavy atom. The van der Waals surface area contributed by atoms with Crippen molar-refractivity contribution < 1.29 is 27.8 Å². The lowest BCUT2D eigenvalue weighted by Gasteiger charge is -2.16. The van der Waals surface area contributed by atoms with E-state index in [-0.39, 0.29) is 13.0 Å². The highest BCUT2D eigenvalue weighted by Gasteiger charge is 2.29. The highest BCUT2D eigenvalue weighted by molar-refractivity contribution is 5.67. The van der Waals surface area contributed by atoms with E-state index in [4.69, 9.17) is 9.84 Å². The van der Waals surface area contributed by atoms with Gasteiger partial charge in [-0.15, -0.1) is 0 Å². The predicted octanol–water partition coefficient (Wildman–Crippen LogP) is 8.55. The molecule has 0 aliphatic carbocycles. The molecule has 1 N–H and O–H groups in total. The summed E-state index contributed by atoms with van der Waals surface area (Å²) in [7, 11) is 0. The Kier molecular flexibility index (Phi) is 15.1. The van der Waals surface area contributed by atoms with E-state index >= 15 is 0 Å². The van der Waals surface area contributed by atoms with Crippen molar-refractivity contribution >= 4 is 5.97 Å². The molecule has 0 amide bonds. The zero-order valence-electron chi connectivity index (χ0n) is 19.6. The molecule has 0 unspecified atom stereocenters. The molecule has 1 aromatic carbocycles. The number of carboxylic acids is 1. The van der Waals surface area contributed by atoms with Crippen LogP contribution in [-0.4, -0.2) is 17.2 Å². The average molecular weight is 459 g/mol. The first-order valence-electron chi connectivity index (χ1n) is 12.3. The van der Waals surface area contributed by atoms with Crippen LogP contribution in [0.1, 0.15) is 114 Å². The summed E-state index contributed by atoms with van der Waals surface area (Å²) in [4.78, 5) is 11.1. The Morgan fingerprint density at radius 1 is 0.844 bits per heavy atom. The number of aliphatic carboxylic acids is 1. The van der Waals surface area contributed by atoms with Gasteiger partial charge in [0, 0.05) is 0 Å². The second-order valence-electron chi connectivity index (χ2n) is 8.76. The van der Waals surface area contributed by atoms with Gasteiger partial charge in [0.15, 0.2) is 0 Å². The van der Waals surface area contributed by atoms with Crippen LogP contribution in [-0.2, 0) is 22.3 Å². The van der Waals surface area contributed by atoms with Gasteiger partial charge in [-0.1, -0.05) is 103 Å². The molecule has 1 aromatic rings. The summed E-state index contributed by atoms with van der Waals surface area (Å²) in [6.45, 7) is 2.36. The summed E-state index contributed by atoms with van der Waals surface area (Å²) in [5, 5.41) is 9.11. The number of unbranched alkanes of at least 4 members (excludes halogenated alkanes) is 12. The number of halogens is 3. The molecule has 0 bridgehead atoms. The first-order valence-corrected chi connectivity index (χ1v) is 12.3. The molecule has 0 heterocycles. The van der Waals surface area contributed by atoms with Crippen LogP contribution in [0.4, 0.5) is 13.2 Å². The van der Waals surface area contributed by atoms with Crippen LogP contribution in [0.15, 0.2) is 24.3 Å². The van der Waals surface area contributed by atoms with Crippen molar-refractivity contribution in [1.82, 2.24) is 0 Å². The molecule has 0 saturated heterocycles. The van der Waals surface area contributed by atoms with Crippen LogP contribution in [0.25, 0.3) is 0 Å². The Bertz CT molecular complexity index is 599. The molecule has 1 atom stereocenters. The number of rotatable bonds is 19. The van der Waals surface area contributed by atoms with Crippen molar-refractivity contribution in [3.8, 4) is 0 Å². The minimum absolute atomic E-state index is 0.0844. The first kappa shape index (κ1) is 28.5. The maximum absolute atomic E-state index is 12.6. The first-order chi connectivity index (χ1) is 15.3. The third kappa shape index (κ3) is 14.5. The molecule has 0 aromatic heterocycles. The van der Waals surface area contributed by atoms with Gasteiger partial charge in [0.1, 0.15) is 0 Å². The Labute approximate surface area is 191 Å². The predicted molar refractivity (Wildman–Crippen MR) is 123 cm³/mol. The van der Waals surface area contributed by atoms with Crippen LogP contribution in [0.5, 0.6) is 0 Å². The quantitative estimate of drug-likeness (QED) is 0.211. The molecule has 0 fully saturated rings. The highest BCUT2D eigenvalue weighted by atomic mass is 19.4. The van der Waals surface area contributed by atoms with Gasteiger partial charge in [-0.3, -0.25) is 4.79 Å². The fourth-order valence-electron chi connectivity index (χ4n) is 3.83. The lowest BCUT2D eigenvalue weighted by molar-refractivity contribution is -0.141. The van der Waals surface area contributed by atoms with Crippen molar-refractivity contribution in [3.63, 3.8) is 0 Å². The summed E-state index contributed by atoms with van der Waals surface area (Å²) in [5.74, 6) is -0.919. The number of ether oxygens (including phenoxy) is 1. The largest absolute Gasteiger partial charge is 0.481 e. The van der Waals surface area contributed by atoms with E-state index in [1.54, 1.807) is 0 Å². The van der Waals surface area contributed by atoms with Crippen molar-refractivity contribution in [1.29, 1.82) is 0 Å². The summed E-state index contributed by atoms with van der Waals surface area (Å²) in [5.41, 5.74) is -0.0888. The molecular formula is C26H41F3O3. The van der Waals surface area contributed by atoms with E-state index in [0.29, 0.717) is 12.0 Å². The molecular weight excluding hydrogens is 417 g/mol. The van der Waals surface area contributed by atoms with Crippen LogP contribution < -0.4 is 0 Å². The summed E-state index contributed by atoms with van der Waals surface area (Å²) >= 11 is 0. The summed E-state index contributed by atoms with van der Waals surface area (Å²) < 4.78 is 43.6. The number of carboxylic acid groups (broad SMARTS) is 1. The number of benzene rings is 1.